The van der Waals surface area contributed by atoms with Crippen molar-refractivity contribution < 1.29 is 9.47 Å². The molecular formula is C20H22N4O2. The maximum atomic E-state index is 5.39. The van der Waals surface area contributed by atoms with Crippen molar-refractivity contribution in [2.75, 3.05) is 24.9 Å². The fourth-order valence-corrected chi connectivity index (χ4v) is 2.71. The Morgan fingerprint density at radius 3 is 2.31 bits per heavy atom. The molecule has 0 aliphatic heterocycles. The highest BCUT2D eigenvalue weighted by molar-refractivity contribution is 5.67. The van der Waals surface area contributed by atoms with E-state index in [1.807, 2.05) is 18.2 Å². The van der Waals surface area contributed by atoms with Crippen molar-refractivity contribution in [2.45, 2.75) is 13.8 Å². The third-order valence-electron chi connectivity index (χ3n) is 3.80. The quantitative estimate of drug-likeness (QED) is 0.677. The lowest BCUT2D eigenvalue weighted by molar-refractivity contribution is 0.405. The van der Waals surface area contributed by atoms with E-state index in [4.69, 9.17) is 9.47 Å². The molecule has 0 unspecified atom stereocenters. The van der Waals surface area contributed by atoms with Gasteiger partial charge in [0.15, 0.2) is 0 Å². The van der Waals surface area contributed by atoms with Crippen LogP contribution in [-0.2, 0) is 0 Å². The lowest BCUT2D eigenvalue weighted by Crippen LogP contribution is -2.02. The number of aromatic nitrogens is 2. The van der Waals surface area contributed by atoms with E-state index in [2.05, 4.69) is 52.6 Å². The summed E-state index contributed by atoms with van der Waals surface area (Å²) in [5.41, 5.74) is 4.09. The highest BCUT2D eigenvalue weighted by Gasteiger charge is 2.07. The monoisotopic (exact) mass is 350 g/mol. The largest absolute Gasteiger partial charge is 0.497 e. The molecule has 0 spiro atoms. The zero-order chi connectivity index (χ0) is 18.5. The normalized spacial score (nSPS) is 10.3. The fraction of sp³-hybridized carbons (Fsp3) is 0.200. The topological polar surface area (TPSA) is 68.3 Å². The van der Waals surface area contributed by atoms with E-state index in [0.717, 1.165) is 17.1 Å². The maximum Gasteiger partial charge on any atom is 0.229 e. The smallest absolute Gasteiger partial charge is 0.229 e. The zero-order valence-electron chi connectivity index (χ0n) is 15.3. The van der Waals surface area contributed by atoms with Crippen molar-refractivity contribution >= 4 is 23.1 Å². The highest BCUT2D eigenvalue weighted by atomic mass is 16.5. The zero-order valence-corrected chi connectivity index (χ0v) is 15.3. The molecule has 2 aromatic carbocycles. The number of anilines is 4. The van der Waals surface area contributed by atoms with Crippen LogP contribution < -0.4 is 20.1 Å². The van der Waals surface area contributed by atoms with Gasteiger partial charge in [-0.25, -0.2) is 4.98 Å². The van der Waals surface area contributed by atoms with Gasteiger partial charge in [0.1, 0.15) is 17.3 Å². The van der Waals surface area contributed by atoms with Gasteiger partial charge in [-0.1, -0.05) is 6.07 Å². The first kappa shape index (κ1) is 17.5. The Bertz CT molecular complexity index is 892. The average Bonchev–Trinajstić information content (AvgIpc) is 2.61. The summed E-state index contributed by atoms with van der Waals surface area (Å²) in [6.07, 6.45) is 1.70. The Balaban J connectivity index is 1.83. The molecule has 0 bridgehead atoms. The van der Waals surface area contributed by atoms with Gasteiger partial charge < -0.3 is 20.1 Å². The van der Waals surface area contributed by atoms with Crippen LogP contribution in [-0.4, -0.2) is 24.2 Å². The van der Waals surface area contributed by atoms with Gasteiger partial charge in [0.2, 0.25) is 5.95 Å². The molecule has 134 valence electrons. The molecule has 3 rings (SSSR count). The summed E-state index contributed by atoms with van der Waals surface area (Å²) in [6, 6.07) is 13.6. The Kier molecular flexibility index (Phi) is 5.22. The lowest BCUT2D eigenvalue weighted by atomic mass is 10.1. The van der Waals surface area contributed by atoms with Gasteiger partial charge in [-0.2, -0.15) is 4.98 Å². The second-order valence-corrected chi connectivity index (χ2v) is 5.96. The van der Waals surface area contributed by atoms with Gasteiger partial charge in [0.25, 0.3) is 0 Å². The summed E-state index contributed by atoms with van der Waals surface area (Å²) in [7, 11) is 3.25. The number of benzene rings is 2. The van der Waals surface area contributed by atoms with E-state index in [0.29, 0.717) is 17.5 Å². The van der Waals surface area contributed by atoms with E-state index >= 15 is 0 Å². The van der Waals surface area contributed by atoms with Crippen LogP contribution in [0.2, 0.25) is 0 Å². The SMILES string of the molecule is COc1ccc(OC)c(Nc2ccnc(Nc3cc(C)cc(C)c3)n2)c1. The molecule has 0 amide bonds. The van der Waals surface area contributed by atoms with Gasteiger partial charge in [-0.15, -0.1) is 0 Å². The van der Waals surface area contributed by atoms with E-state index in [1.165, 1.54) is 11.1 Å². The molecule has 0 atom stereocenters. The molecule has 3 aromatic rings. The first-order valence-electron chi connectivity index (χ1n) is 8.25. The van der Waals surface area contributed by atoms with E-state index < -0.39 is 0 Å². The molecule has 1 heterocycles. The molecule has 0 fully saturated rings. The summed E-state index contributed by atoms with van der Waals surface area (Å²) in [5, 5.41) is 6.50. The molecule has 26 heavy (non-hydrogen) atoms. The average molecular weight is 350 g/mol. The standard InChI is InChI=1S/C20H22N4O2/c1-13-9-14(2)11-15(10-13)22-20-21-8-7-19(24-20)23-17-12-16(25-3)5-6-18(17)26-4/h5-12H,1-4H3,(H2,21,22,23,24). The predicted octanol–water partition coefficient (Wildman–Crippen LogP) is 4.60. The minimum absolute atomic E-state index is 0.516. The minimum Gasteiger partial charge on any atom is -0.497 e. The Morgan fingerprint density at radius 2 is 1.62 bits per heavy atom. The van der Waals surface area contributed by atoms with Crippen LogP contribution in [0.5, 0.6) is 11.5 Å². The maximum absolute atomic E-state index is 5.39. The number of hydrogen-bond donors (Lipinski definition) is 2. The molecule has 6 heteroatoms. The van der Waals surface area contributed by atoms with Crippen molar-refractivity contribution in [3.05, 3.63) is 59.8 Å². The molecule has 0 saturated heterocycles. The Morgan fingerprint density at radius 1 is 0.846 bits per heavy atom. The summed E-state index contributed by atoms with van der Waals surface area (Å²) >= 11 is 0. The summed E-state index contributed by atoms with van der Waals surface area (Å²) in [6.45, 7) is 4.12. The van der Waals surface area contributed by atoms with E-state index in [-0.39, 0.29) is 0 Å². The van der Waals surface area contributed by atoms with Crippen LogP contribution in [0.1, 0.15) is 11.1 Å². The van der Waals surface area contributed by atoms with E-state index in [9.17, 15) is 0 Å². The van der Waals surface area contributed by atoms with Crippen molar-refractivity contribution in [3.63, 3.8) is 0 Å². The van der Waals surface area contributed by atoms with E-state index in [1.54, 1.807) is 26.5 Å². The number of rotatable bonds is 6. The van der Waals surface area contributed by atoms with Crippen LogP contribution >= 0.6 is 0 Å². The van der Waals surface area contributed by atoms with Crippen molar-refractivity contribution in [1.29, 1.82) is 0 Å². The van der Waals surface area contributed by atoms with Crippen molar-refractivity contribution in [3.8, 4) is 11.5 Å². The molecule has 0 saturated carbocycles. The number of aryl methyl sites for hydroxylation is 2. The molecule has 0 aliphatic carbocycles. The van der Waals surface area contributed by atoms with Gasteiger partial charge in [-0.05, 0) is 55.3 Å². The lowest BCUT2D eigenvalue weighted by Gasteiger charge is -2.13. The highest BCUT2D eigenvalue weighted by Crippen LogP contribution is 2.31. The van der Waals surface area contributed by atoms with Gasteiger partial charge >= 0.3 is 0 Å². The second-order valence-electron chi connectivity index (χ2n) is 5.96. The first-order chi connectivity index (χ1) is 12.6. The second kappa shape index (κ2) is 7.74. The van der Waals surface area contributed by atoms with Crippen molar-refractivity contribution in [1.82, 2.24) is 9.97 Å². The molecule has 0 radical (unpaired) electrons. The predicted molar refractivity (Wildman–Crippen MR) is 104 cm³/mol. The van der Waals surface area contributed by atoms with Gasteiger partial charge in [-0.3, -0.25) is 0 Å². The number of nitrogens with one attached hydrogen (secondary N) is 2. The Labute approximate surface area is 153 Å². The minimum atomic E-state index is 0.516. The molecule has 2 N–H and O–H groups in total. The number of nitrogens with zero attached hydrogens (tertiary/aromatic N) is 2. The number of ether oxygens (including phenoxy) is 2. The summed E-state index contributed by atoms with van der Waals surface area (Å²) < 4.78 is 10.7. The molecular weight excluding hydrogens is 328 g/mol. The van der Waals surface area contributed by atoms with Gasteiger partial charge in [0.05, 0.1) is 19.9 Å². The summed E-state index contributed by atoms with van der Waals surface area (Å²) in [4.78, 5) is 8.82. The fourth-order valence-electron chi connectivity index (χ4n) is 2.71. The third kappa shape index (κ3) is 4.22. The van der Waals surface area contributed by atoms with Crippen LogP contribution in [0.15, 0.2) is 48.7 Å². The van der Waals surface area contributed by atoms with Crippen molar-refractivity contribution in [2.24, 2.45) is 0 Å². The first-order valence-corrected chi connectivity index (χ1v) is 8.25. The molecule has 1 aromatic heterocycles. The van der Waals surface area contributed by atoms with Crippen LogP contribution in [0, 0.1) is 13.8 Å². The number of methoxy groups -OCH3 is 2. The molecule has 0 aliphatic rings. The third-order valence-corrected chi connectivity index (χ3v) is 3.80. The molecule has 6 nitrogen and oxygen atoms in total. The Hall–Kier alpha value is -3.28. The summed E-state index contributed by atoms with van der Waals surface area (Å²) in [5.74, 6) is 2.60. The van der Waals surface area contributed by atoms with Gasteiger partial charge in [0, 0.05) is 18.0 Å². The van der Waals surface area contributed by atoms with Crippen LogP contribution in [0.25, 0.3) is 0 Å². The van der Waals surface area contributed by atoms with Crippen LogP contribution in [0.3, 0.4) is 0 Å². The van der Waals surface area contributed by atoms with Crippen LogP contribution in [0.4, 0.5) is 23.1 Å². The number of hydrogen-bond acceptors (Lipinski definition) is 6.